The zero-order valence-electron chi connectivity index (χ0n) is 17.1. The quantitative estimate of drug-likeness (QED) is 0.397. The maximum Gasteiger partial charge on any atom is 0.346 e. The number of hydrogen-bond acceptors (Lipinski definition) is 5. The van der Waals surface area contributed by atoms with Crippen molar-refractivity contribution in [2.45, 2.75) is 25.0 Å². The van der Waals surface area contributed by atoms with Crippen molar-refractivity contribution in [3.05, 3.63) is 112 Å². The lowest BCUT2D eigenvalue weighted by atomic mass is 9.72. The SMILES string of the molecule is Cc1ccc2oc(=O)c3c(c2c1)OC(C(=O)c1ccccc1)(c1ccccc1)C3(C)O. The van der Waals surface area contributed by atoms with Crippen molar-refractivity contribution < 1.29 is 19.1 Å². The highest BCUT2D eigenvalue weighted by molar-refractivity contribution is 6.05. The van der Waals surface area contributed by atoms with Gasteiger partial charge in [0.25, 0.3) is 0 Å². The molecule has 2 atom stereocenters. The van der Waals surface area contributed by atoms with Crippen molar-refractivity contribution in [3.8, 4) is 5.75 Å². The number of benzene rings is 3. The Morgan fingerprint density at radius 1 is 0.935 bits per heavy atom. The Morgan fingerprint density at radius 3 is 2.26 bits per heavy atom. The van der Waals surface area contributed by atoms with E-state index in [1.165, 1.54) is 6.92 Å². The molecule has 0 saturated carbocycles. The first-order chi connectivity index (χ1) is 14.9. The van der Waals surface area contributed by atoms with Crippen molar-refractivity contribution in [2.24, 2.45) is 0 Å². The molecule has 0 bridgehead atoms. The first kappa shape index (κ1) is 19.3. The van der Waals surface area contributed by atoms with Crippen LogP contribution < -0.4 is 10.4 Å². The van der Waals surface area contributed by atoms with Gasteiger partial charge < -0.3 is 14.3 Å². The molecule has 1 aliphatic rings. The highest BCUT2D eigenvalue weighted by Crippen LogP contribution is 2.55. The van der Waals surface area contributed by atoms with Crippen molar-refractivity contribution in [1.29, 1.82) is 0 Å². The minimum atomic E-state index is -1.98. The third kappa shape index (κ3) is 2.60. The molecule has 0 radical (unpaired) electrons. The van der Waals surface area contributed by atoms with Gasteiger partial charge in [-0.1, -0.05) is 72.3 Å². The molecule has 0 spiro atoms. The van der Waals surface area contributed by atoms with E-state index in [0.717, 1.165) is 5.56 Å². The summed E-state index contributed by atoms with van der Waals surface area (Å²) in [6.45, 7) is 3.34. The van der Waals surface area contributed by atoms with Gasteiger partial charge in [-0.2, -0.15) is 0 Å². The molecule has 0 saturated heterocycles. The topological polar surface area (TPSA) is 76.7 Å². The number of ether oxygens (including phenoxy) is 1. The summed E-state index contributed by atoms with van der Waals surface area (Å²) < 4.78 is 11.9. The second kappa shape index (κ2) is 6.65. The molecule has 0 aliphatic carbocycles. The Bertz CT molecular complexity index is 1370. The second-order valence-corrected chi connectivity index (χ2v) is 8.01. The molecule has 1 aromatic heterocycles. The third-order valence-corrected chi connectivity index (χ3v) is 5.98. The van der Waals surface area contributed by atoms with E-state index in [4.69, 9.17) is 9.15 Å². The molecule has 5 nitrogen and oxygen atoms in total. The van der Waals surface area contributed by atoms with Gasteiger partial charge in [0.2, 0.25) is 11.4 Å². The van der Waals surface area contributed by atoms with E-state index in [1.807, 2.05) is 25.1 Å². The number of hydrogen-bond donors (Lipinski definition) is 1. The van der Waals surface area contributed by atoms with Crippen LogP contribution in [0.15, 0.2) is 88.1 Å². The summed E-state index contributed by atoms with van der Waals surface area (Å²) in [7, 11) is 0. The van der Waals surface area contributed by atoms with E-state index in [2.05, 4.69) is 0 Å². The maximum absolute atomic E-state index is 14.0. The Morgan fingerprint density at radius 2 is 1.58 bits per heavy atom. The van der Waals surface area contributed by atoms with Crippen molar-refractivity contribution in [1.82, 2.24) is 0 Å². The number of rotatable bonds is 3. The van der Waals surface area contributed by atoms with Gasteiger partial charge in [-0.05, 0) is 26.0 Å². The second-order valence-electron chi connectivity index (χ2n) is 8.01. The van der Waals surface area contributed by atoms with Crippen LogP contribution in [0.25, 0.3) is 11.0 Å². The van der Waals surface area contributed by atoms with Crippen LogP contribution in [0, 0.1) is 6.92 Å². The van der Waals surface area contributed by atoms with Crippen LogP contribution in [0.5, 0.6) is 5.75 Å². The molecular formula is C26H20O5. The fraction of sp³-hybridized carbons (Fsp3) is 0.154. The average molecular weight is 412 g/mol. The van der Waals surface area contributed by atoms with Crippen LogP contribution in [-0.4, -0.2) is 10.9 Å². The number of carbonyl (C=O) groups is 1. The summed E-state index contributed by atoms with van der Waals surface area (Å²) in [6, 6.07) is 22.7. The smallest absolute Gasteiger partial charge is 0.346 e. The number of aryl methyl sites for hydroxylation is 1. The molecule has 5 rings (SSSR count). The summed E-state index contributed by atoms with van der Waals surface area (Å²) in [5.74, 6) is -0.270. The van der Waals surface area contributed by atoms with E-state index in [1.54, 1.807) is 60.7 Å². The molecule has 31 heavy (non-hydrogen) atoms. The lowest BCUT2D eigenvalue weighted by Crippen LogP contribution is -2.54. The van der Waals surface area contributed by atoms with Gasteiger partial charge in [0.05, 0.1) is 5.39 Å². The van der Waals surface area contributed by atoms with Crippen LogP contribution >= 0.6 is 0 Å². The molecule has 5 heteroatoms. The Kier molecular flexibility index (Phi) is 4.14. The molecule has 0 amide bonds. The zero-order valence-corrected chi connectivity index (χ0v) is 17.1. The predicted octanol–water partition coefficient (Wildman–Crippen LogP) is 4.48. The van der Waals surface area contributed by atoms with Crippen LogP contribution in [0.3, 0.4) is 0 Å². The van der Waals surface area contributed by atoms with E-state index < -0.39 is 22.6 Å². The largest absolute Gasteiger partial charge is 0.469 e. The standard InChI is InChI=1S/C26H20O5/c1-16-13-14-20-19(15-16)22-21(24(28)30-20)25(2,29)26(31-22,18-11-7-4-8-12-18)23(27)17-9-5-3-6-10-17/h3-15,29H,1-2H3. The molecular weight excluding hydrogens is 392 g/mol. The number of ketones is 1. The molecule has 154 valence electrons. The van der Waals surface area contributed by atoms with Crippen molar-refractivity contribution in [3.63, 3.8) is 0 Å². The van der Waals surface area contributed by atoms with Gasteiger partial charge in [-0.25, -0.2) is 4.79 Å². The molecule has 4 aromatic rings. The monoisotopic (exact) mass is 412 g/mol. The molecule has 1 N–H and O–H groups in total. The summed E-state index contributed by atoms with van der Waals surface area (Å²) >= 11 is 0. The highest BCUT2D eigenvalue weighted by Gasteiger charge is 2.65. The highest BCUT2D eigenvalue weighted by atomic mass is 16.5. The molecule has 2 heterocycles. The van der Waals surface area contributed by atoms with Crippen LogP contribution in [-0.2, 0) is 11.2 Å². The Hall–Kier alpha value is -3.70. The van der Waals surface area contributed by atoms with Crippen molar-refractivity contribution >= 4 is 16.8 Å². The summed E-state index contributed by atoms with van der Waals surface area (Å²) in [5, 5.41) is 12.4. The maximum atomic E-state index is 14.0. The molecule has 1 aliphatic heterocycles. The van der Waals surface area contributed by atoms with E-state index in [0.29, 0.717) is 22.1 Å². The van der Waals surface area contributed by atoms with Gasteiger partial charge in [-0.3, -0.25) is 4.79 Å². The van der Waals surface area contributed by atoms with E-state index in [-0.39, 0.29) is 11.3 Å². The van der Waals surface area contributed by atoms with Gasteiger partial charge in [-0.15, -0.1) is 0 Å². The minimum absolute atomic E-state index is 0.0567. The zero-order chi connectivity index (χ0) is 21.8. The number of Topliss-reactive ketones (excluding diaryl/α,β-unsaturated/α-hetero) is 1. The van der Waals surface area contributed by atoms with Gasteiger partial charge in [0.1, 0.15) is 22.5 Å². The van der Waals surface area contributed by atoms with E-state index >= 15 is 0 Å². The lowest BCUT2D eigenvalue weighted by molar-refractivity contribution is -0.0839. The molecule has 3 aromatic carbocycles. The normalized spacial score (nSPS) is 22.2. The van der Waals surface area contributed by atoms with Crippen LogP contribution in [0.2, 0.25) is 0 Å². The van der Waals surface area contributed by atoms with Gasteiger partial charge in [0, 0.05) is 11.1 Å². The Labute approximate surface area is 178 Å². The fourth-order valence-electron chi connectivity index (χ4n) is 4.45. The van der Waals surface area contributed by atoms with Crippen molar-refractivity contribution in [2.75, 3.05) is 0 Å². The fourth-order valence-corrected chi connectivity index (χ4v) is 4.45. The average Bonchev–Trinajstić information content (AvgIpc) is 3.04. The first-order valence-electron chi connectivity index (χ1n) is 10.0. The number of aliphatic hydroxyl groups is 1. The molecule has 0 fully saturated rings. The van der Waals surface area contributed by atoms with Gasteiger partial charge in [0.15, 0.2) is 0 Å². The minimum Gasteiger partial charge on any atom is -0.469 e. The number of carbonyl (C=O) groups excluding carboxylic acids is 1. The Balaban J connectivity index is 1.87. The third-order valence-electron chi connectivity index (χ3n) is 5.98. The van der Waals surface area contributed by atoms with Gasteiger partial charge >= 0.3 is 5.63 Å². The number of fused-ring (bicyclic) bond motifs is 3. The predicted molar refractivity (Wildman–Crippen MR) is 116 cm³/mol. The summed E-state index contributed by atoms with van der Waals surface area (Å²) in [5.41, 5.74) is -2.54. The summed E-state index contributed by atoms with van der Waals surface area (Å²) in [6.07, 6.45) is 0. The van der Waals surface area contributed by atoms with Crippen LogP contribution in [0.1, 0.15) is 34.0 Å². The summed E-state index contributed by atoms with van der Waals surface area (Å²) in [4.78, 5) is 26.9. The molecule has 2 unspecified atom stereocenters. The van der Waals surface area contributed by atoms with E-state index in [9.17, 15) is 14.7 Å². The lowest BCUT2D eigenvalue weighted by Gasteiger charge is -2.37. The van der Waals surface area contributed by atoms with Crippen LogP contribution in [0.4, 0.5) is 0 Å². The first-order valence-corrected chi connectivity index (χ1v) is 10.0.